The van der Waals surface area contributed by atoms with Gasteiger partial charge in [0.15, 0.2) is 0 Å². The zero-order chi connectivity index (χ0) is 23.7. The molecular formula is C22H25FN6O4. The highest BCUT2D eigenvalue weighted by Crippen LogP contribution is 2.37. The number of aromatic nitrogens is 2. The van der Waals surface area contributed by atoms with Crippen LogP contribution in [0.25, 0.3) is 11.3 Å². The van der Waals surface area contributed by atoms with Gasteiger partial charge in [-0.2, -0.15) is 5.10 Å². The van der Waals surface area contributed by atoms with Gasteiger partial charge in [-0.3, -0.25) is 19.3 Å². The van der Waals surface area contributed by atoms with Crippen molar-refractivity contribution in [2.24, 2.45) is 10.9 Å². The first-order valence-corrected chi connectivity index (χ1v) is 10.5. The maximum atomic E-state index is 13.4. The molecule has 0 bridgehead atoms. The third-order valence-electron chi connectivity index (χ3n) is 5.65. The van der Waals surface area contributed by atoms with Crippen LogP contribution in [-0.2, 0) is 9.53 Å². The normalized spacial score (nSPS) is 21.6. The summed E-state index contributed by atoms with van der Waals surface area (Å²) in [5.41, 5.74) is 2.69. The summed E-state index contributed by atoms with van der Waals surface area (Å²) < 4.78 is 19.6. The van der Waals surface area contributed by atoms with Gasteiger partial charge in [-0.1, -0.05) is 6.07 Å². The fourth-order valence-electron chi connectivity index (χ4n) is 3.81. The Morgan fingerprint density at radius 2 is 2.12 bits per heavy atom. The number of halogens is 1. The number of carbonyl (C=O) groups excluding carboxylic acids is 3. The topological polar surface area (TPSA) is 118 Å². The number of alkyl halides is 1. The number of anilines is 1. The van der Waals surface area contributed by atoms with Crippen LogP contribution in [0.5, 0.6) is 0 Å². The number of amides is 3. The van der Waals surface area contributed by atoms with Crippen molar-refractivity contribution in [1.82, 2.24) is 20.0 Å². The van der Waals surface area contributed by atoms with E-state index in [4.69, 9.17) is 0 Å². The van der Waals surface area contributed by atoms with Gasteiger partial charge in [-0.05, 0) is 37.1 Å². The molecule has 1 aliphatic carbocycles. The van der Waals surface area contributed by atoms with E-state index >= 15 is 0 Å². The first kappa shape index (κ1) is 22.4. The summed E-state index contributed by atoms with van der Waals surface area (Å²) in [4.78, 5) is 42.3. The van der Waals surface area contributed by atoms with Crippen molar-refractivity contribution in [3.05, 3.63) is 35.5 Å². The minimum absolute atomic E-state index is 0.00844. The lowest BCUT2D eigenvalue weighted by atomic mass is 10.1. The molecule has 11 heteroatoms. The van der Waals surface area contributed by atoms with Gasteiger partial charge in [-0.25, -0.2) is 9.18 Å². The Labute approximate surface area is 189 Å². The molecule has 3 amide bonds. The molecule has 1 aliphatic heterocycles. The molecule has 33 heavy (non-hydrogen) atoms. The summed E-state index contributed by atoms with van der Waals surface area (Å²) in [7, 11) is 2.89. The largest absolute Gasteiger partial charge is 0.453 e. The third kappa shape index (κ3) is 4.57. The van der Waals surface area contributed by atoms with Crippen LogP contribution >= 0.6 is 0 Å². The molecular weight excluding hydrogens is 431 g/mol. The summed E-state index contributed by atoms with van der Waals surface area (Å²) in [6.45, 7) is 2.27. The molecule has 10 nitrogen and oxygen atoms in total. The van der Waals surface area contributed by atoms with Gasteiger partial charge in [0.05, 0.1) is 37.1 Å². The average molecular weight is 456 g/mol. The van der Waals surface area contributed by atoms with Crippen molar-refractivity contribution in [3.8, 4) is 11.3 Å². The predicted octanol–water partition coefficient (Wildman–Crippen LogP) is 2.23. The minimum atomic E-state index is -1.11. The minimum Gasteiger partial charge on any atom is -0.453 e. The second-order valence-corrected chi connectivity index (χ2v) is 8.10. The maximum Gasteiger partial charge on any atom is 0.408 e. The summed E-state index contributed by atoms with van der Waals surface area (Å²) in [6.07, 6.45) is 0.122. The fraction of sp³-hybridized carbons (Fsp3) is 0.409. The number of nitrogens with zero attached hydrogens (tertiary/aromatic N) is 4. The van der Waals surface area contributed by atoms with E-state index in [9.17, 15) is 18.8 Å². The number of fused-ring (bicyclic) bond motifs is 1. The zero-order valence-electron chi connectivity index (χ0n) is 18.5. The molecule has 0 radical (unpaired) electrons. The Kier molecular flexibility index (Phi) is 6.12. The van der Waals surface area contributed by atoms with Crippen molar-refractivity contribution in [3.63, 3.8) is 0 Å². The van der Waals surface area contributed by atoms with Gasteiger partial charge in [0.2, 0.25) is 5.91 Å². The standard InChI is InChI=1S/C22H25FN6O4/c1-12-10-28(11-25-22(32)33-3)21(31)19-8-18(27-29(12)19)14-5-4-13(9-24-2)6-17(14)26-20(30)15-7-16(15)23/h4-6,8-9,12,15-16H,7,10-11H2,1-3H3,(H,25,32)(H,26,30)/t12-,15-,16+/m0/s1. The van der Waals surface area contributed by atoms with E-state index in [2.05, 4.69) is 25.5 Å². The van der Waals surface area contributed by atoms with Crippen LogP contribution in [0, 0.1) is 5.92 Å². The Bertz CT molecular complexity index is 1130. The van der Waals surface area contributed by atoms with E-state index < -0.39 is 18.2 Å². The van der Waals surface area contributed by atoms with E-state index in [0.717, 1.165) is 5.56 Å². The molecule has 1 aromatic heterocycles. The zero-order valence-corrected chi connectivity index (χ0v) is 18.5. The van der Waals surface area contributed by atoms with Crippen LogP contribution in [0.1, 0.15) is 35.4 Å². The highest BCUT2D eigenvalue weighted by molar-refractivity contribution is 6.00. The number of ether oxygens (including phenoxy) is 1. The van der Waals surface area contributed by atoms with Crippen molar-refractivity contribution in [1.29, 1.82) is 0 Å². The smallest absolute Gasteiger partial charge is 0.408 e. The van der Waals surface area contributed by atoms with E-state index in [1.54, 1.807) is 36.1 Å². The summed E-state index contributed by atoms with van der Waals surface area (Å²) in [6, 6.07) is 6.85. The van der Waals surface area contributed by atoms with Crippen LogP contribution in [-0.4, -0.2) is 72.3 Å². The molecule has 174 valence electrons. The molecule has 2 N–H and O–H groups in total. The van der Waals surface area contributed by atoms with E-state index in [1.807, 2.05) is 13.0 Å². The average Bonchev–Trinajstić information content (AvgIpc) is 3.36. The number of hydrogen-bond acceptors (Lipinski definition) is 6. The Hall–Kier alpha value is -3.76. The number of benzene rings is 1. The van der Waals surface area contributed by atoms with Crippen molar-refractivity contribution >= 4 is 29.8 Å². The molecule has 1 fully saturated rings. The Morgan fingerprint density at radius 3 is 2.79 bits per heavy atom. The summed E-state index contributed by atoms with van der Waals surface area (Å²) in [5.74, 6) is -1.32. The number of aliphatic imine (C=N–C) groups is 1. The fourth-order valence-corrected chi connectivity index (χ4v) is 3.81. The highest BCUT2D eigenvalue weighted by atomic mass is 19.1. The van der Waals surface area contributed by atoms with Gasteiger partial charge in [-0.15, -0.1) is 0 Å². The number of rotatable bonds is 6. The lowest BCUT2D eigenvalue weighted by Crippen LogP contribution is -2.47. The molecule has 2 aromatic rings. The number of nitrogens with one attached hydrogen (secondary N) is 2. The number of methoxy groups -OCH3 is 1. The van der Waals surface area contributed by atoms with E-state index in [-0.39, 0.29) is 30.9 Å². The Balaban J connectivity index is 1.65. The maximum absolute atomic E-state index is 13.4. The quantitative estimate of drug-likeness (QED) is 0.647. The molecule has 0 unspecified atom stereocenters. The van der Waals surface area contributed by atoms with Crippen LogP contribution in [0.15, 0.2) is 29.3 Å². The second kappa shape index (κ2) is 9.00. The van der Waals surface area contributed by atoms with Crippen LogP contribution in [0.2, 0.25) is 0 Å². The predicted molar refractivity (Wildman–Crippen MR) is 119 cm³/mol. The number of carbonyl (C=O) groups is 3. The van der Waals surface area contributed by atoms with Crippen molar-refractivity contribution in [2.75, 3.05) is 32.7 Å². The summed E-state index contributed by atoms with van der Waals surface area (Å²) in [5, 5.41) is 9.93. The lowest BCUT2D eigenvalue weighted by molar-refractivity contribution is -0.117. The van der Waals surface area contributed by atoms with Crippen molar-refractivity contribution < 1.29 is 23.5 Å². The lowest BCUT2D eigenvalue weighted by Gasteiger charge is -2.31. The second-order valence-electron chi connectivity index (χ2n) is 8.10. The molecule has 0 spiro atoms. The molecule has 3 atom stereocenters. The van der Waals surface area contributed by atoms with E-state index in [1.165, 1.54) is 12.0 Å². The molecule has 1 saturated carbocycles. The van der Waals surface area contributed by atoms with E-state index in [0.29, 0.717) is 29.2 Å². The monoisotopic (exact) mass is 456 g/mol. The van der Waals surface area contributed by atoms with Gasteiger partial charge in [0.25, 0.3) is 5.91 Å². The molecule has 4 rings (SSSR count). The molecule has 0 saturated heterocycles. The van der Waals surface area contributed by atoms with Crippen LogP contribution in [0.4, 0.5) is 14.9 Å². The van der Waals surface area contributed by atoms with Gasteiger partial charge in [0.1, 0.15) is 11.9 Å². The van der Waals surface area contributed by atoms with Crippen LogP contribution in [0.3, 0.4) is 0 Å². The van der Waals surface area contributed by atoms with Crippen molar-refractivity contribution in [2.45, 2.75) is 25.6 Å². The molecule has 2 heterocycles. The third-order valence-corrected chi connectivity index (χ3v) is 5.65. The number of hydrogen-bond donors (Lipinski definition) is 2. The number of alkyl carbamates (subject to hydrolysis) is 1. The first-order chi connectivity index (χ1) is 15.8. The van der Waals surface area contributed by atoms with Gasteiger partial charge < -0.3 is 20.3 Å². The Morgan fingerprint density at radius 1 is 1.36 bits per heavy atom. The van der Waals surface area contributed by atoms with Gasteiger partial charge >= 0.3 is 6.09 Å². The first-order valence-electron chi connectivity index (χ1n) is 10.5. The summed E-state index contributed by atoms with van der Waals surface area (Å²) >= 11 is 0. The van der Waals surface area contributed by atoms with Gasteiger partial charge in [0, 0.05) is 25.4 Å². The SMILES string of the molecule is CN=Cc1ccc(-c2cc3n(n2)[C@@H](C)CN(CNC(=O)OC)C3=O)c(NC(=O)[C@H]2C[C@H]2F)c1. The molecule has 1 aromatic carbocycles. The highest BCUT2D eigenvalue weighted by Gasteiger charge is 2.44. The van der Waals surface area contributed by atoms with Crippen LogP contribution < -0.4 is 10.6 Å². The molecule has 2 aliphatic rings.